The van der Waals surface area contributed by atoms with E-state index in [-0.39, 0.29) is 0 Å². The predicted molar refractivity (Wildman–Crippen MR) is 61.3 cm³/mol. The minimum absolute atomic E-state index is 0.964. The lowest BCUT2D eigenvalue weighted by Gasteiger charge is -2.39. The van der Waals surface area contributed by atoms with Crippen molar-refractivity contribution in [2.24, 2.45) is 23.7 Å². The fourth-order valence-corrected chi connectivity index (χ4v) is 3.51. The van der Waals surface area contributed by atoms with Crippen molar-refractivity contribution in [2.75, 3.05) is 13.1 Å². The molecule has 0 spiro atoms. The van der Waals surface area contributed by atoms with Crippen LogP contribution in [0.15, 0.2) is 0 Å². The predicted octanol–water partition coefficient (Wildman–Crippen LogP) is 3.06. The molecule has 2 aliphatic rings. The maximum absolute atomic E-state index is 3.58. The molecule has 1 nitrogen and oxygen atoms in total. The van der Waals surface area contributed by atoms with E-state index >= 15 is 0 Å². The van der Waals surface area contributed by atoms with E-state index in [0.717, 1.165) is 23.7 Å². The third kappa shape index (κ3) is 2.31. The summed E-state index contributed by atoms with van der Waals surface area (Å²) < 4.78 is 0. The molecule has 1 N–H and O–H groups in total. The summed E-state index contributed by atoms with van der Waals surface area (Å²) in [5, 5.41) is 3.58. The highest BCUT2D eigenvalue weighted by Gasteiger charge is 2.31. The maximum atomic E-state index is 3.58. The highest BCUT2D eigenvalue weighted by atomic mass is 14.9. The lowest BCUT2D eigenvalue weighted by molar-refractivity contribution is 0.131. The summed E-state index contributed by atoms with van der Waals surface area (Å²) in [5.41, 5.74) is 0. The van der Waals surface area contributed by atoms with Gasteiger partial charge in [0.05, 0.1) is 0 Å². The Morgan fingerprint density at radius 2 is 1.93 bits per heavy atom. The van der Waals surface area contributed by atoms with Crippen LogP contribution in [0.1, 0.15) is 46.0 Å². The zero-order chi connectivity index (χ0) is 9.97. The lowest BCUT2D eigenvalue weighted by atomic mass is 9.70. The van der Waals surface area contributed by atoms with Gasteiger partial charge in [0.25, 0.3) is 0 Å². The molecule has 1 saturated carbocycles. The summed E-state index contributed by atoms with van der Waals surface area (Å²) in [6.07, 6.45) is 7.35. The number of hydrogen-bond donors (Lipinski definition) is 1. The van der Waals surface area contributed by atoms with E-state index in [0.29, 0.717) is 0 Å². The number of nitrogens with one attached hydrogen (secondary N) is 1. The van der Waals surface area contributed by atoms with Crippen molar-refractivity contribution in [3.63, 3.8) is 0 Å². The van der Waals surface area contributed by atoms with Gasteiger partial charge in [-0.05, 0) is 49.6 Å². The first-order valence-corrected chi connectivity index (χ1v) is 6.48. The number of piperidine rings is 1. The molecule has 2 fully saturated rings. The van der Waals surface area contributed by atoms with E-state index in [4.69, 9.17) is 0 Å². The Balaban J connectivity index is 1.91. The zero-order valence-corrected chi connectivity index (χ0v) is 9.76. The van der Waals surface area contributed by atoms with Crippen molar-refractivity contribution in [1.82, 2.24) is 5.32 Å². The van der Waals surface area contributed by atoms with Gasteiger partial charge in [-0.3, -0.25) is 0 Å². The summed E-state index contributed by atoms with van der Waals surface area (Å²) in [5.74, 6) is 3.96. The van der Waals surface area contributed by atoms with Gasteiger partial charge in [0, 0.05) is 0 Å². The van der Waals surface area contributed by atoms with Gasteiger partial charge in [-0.15, -0.1) is 0 Å². The van der Waals surface area contributed by atoms with E-state index in [9.17, 15) is 0 Å². The molecule has 4 unspecified atom stereocenters. The lowest BCUT2D eigenvalue weighted by Crippen LogP contribution is -2.40. The fourth-order valence-electron chi connectivity index (χ4n) is 3.51. The number of rotatable bonds is 1. The van der Waals surface area contributed by atoms with Gasteiger partial charge in [-0.2, -0.15) is 0 Å². The minimum Gasteiger partial charge on any atom is -0.316 e. The van der Waals surface area contributed by atoms with Crippen LogP contribution in [0.4, 0.5) is 0 Å². The maximum Gasteiger partial charge on any atom is -0.00153 e. The molecule has 1 aliphatic carbocycles. The van der Waals surface area contributed by atoms with Crippen LogP contribution in [-0.2, 0) is 0 Å². The Hall–Kier alpha value is -0.0400. The van der Waals surface area contributed by atoms with E-state index in [1.807, 2.05) is 0 Å². The van der Waals surface area contributed by atoms with E-state index in [1.54, 1.807) is 0 Å². The summed E-state index contributed by atoms with van der Waals surface area (Å²) >= 11 is 0. The second-order valence-corrected chi connectivity index (χ2v) is 5.67. The molecule has 1 aliphatic heterocycles. The van der Waals surface area contributed by atoms with Crippen LogP contribution >= 0.6 is 0 Å². The van der Waals surface area contributed by atoms with Gasteiger partial charge in [-0.25, -0.2) is 0 Å². The fraction of sp³-hybridized carbons (Fsp3) is 1.00. The standard InChI is InChI=1S/C13H25N/c1-10-4-3-5-12(8-10)13-9-14-7-6-11(13)2/h10-14H,3-9H2,1-2H3. The molecular formula is C13H25N. The van der Waals surface area contributed by atoms with Crippen LogP contribution in [0.3, 0.4) is 0 Å². The molecule has 2 rings (SSSR count). The number of hydrogen-bond acceptors (Lipinski definition) is 1. The third-order valence-corrected chi connectivity index (χ3v) is 4.47. The molecule has 0 bridgehead atoms. The molecule has 82 valence electrons. The molecule has 4 atom stereocenters. The van der Waals surface area contributed by atoms with Crippen LogP contribution in [0.2, 0.25) is 0 Å². The molecule has 0 amide bonds. The molecule has 1 saturated heterocycles. The van der Waals surface area contributed by atoms with Crippen LogP contribution in [-0.4, -0.2) is 13.1 Å². The van der Waals surface area contributed by atoms with E-state index in [2.05, 4.69) is 19.2 Å². The molecular weight excluding hydrogens is 170 g/mol. The average Bonchev–Trinajstić information content (AvgIpc) is 2.18. The van der Waals surface area contributed by atoms with E-state index in [1.165, 1.54) is 45.2 Å². The van der Waals surface area contributed by atoms with Crippen molar-refractivity contribution in [3.8, 4) is 0 Å². The summed E-state index contributed by atoms with van der Waals surface area (Å²) in [6, 6.07) is 0. The van der Waals surface area contributed by atoms with Crippen molar-refractivity contribution < 1.29 is 0 Å². The monoisotopic (exact) mass is 195 g/mol. The van der Waals surface area contributed by atoms with Gasteiger partial charge in [0.15, 0.2) is 0 Å². The highest BCUT2D eigenvalue weighted by molar-refractivity contribution is 4.84. The molecule has 0 aromatic heterocycles. The average molecular weight is 195 g/mol. The Bertz CT molecular complexity index is 178. The van der Waals surface area contributed by atoms with Crippen molar-refractivity contribution in [2.45, 2.75) is 46.0 Å². The van der Waals surface area contributed by atoms with E-state index < -0.39 is 0 Å². The van der Waals surface area contributed by atoms with Crippen molar-refractivity contribution >= 4 is 0 Å². The van der Waals surface area contributed by atoms with Crippen molar-refractivity contribution in [3.05, 3.63) is 0 Å². The van der Waals surface area contributed by atoms with Gasteiger partial charge in [0.2, 0.25) is 0 Å². The van der Waals surface area contributed by atoms with Crippen LogP contribution in [0, 0.1) is 23.7 Å². The van der Waals surface area contributed by atoms with Crippen LogP contribution in [0.5, 0.6) is 0 Å². The zero-order valence-electron chi connectivity index (χ0n) is 9.76. The highest BCUT2D eigenvalue weighted by Crippen LogP contribution is 2.38. The Morgan fingerprint density at radius 3 is 2.64 bits per heavy atom. The first-order valence-electron chi connectivity index (χ1n) is 6.48. The van der Waals surface area contributed by atoms with Crippen molar-refractivity contribution in [1.29, 1.82) is 0 Å². The Morgan fingerprint density at radius 1 is 1.07 bits per heavy atom. The molecule has 0 aromatic rings. The third-order valence-electron chi connectivity index (χ3n) is 4.47. The second kappa shape index (κ2) is 4.65. The molecule has 0 aromatic carbocycles. The first kappa shape index (κ1) is 10.5. The van der Waals surface area contributed by atoms with Gasteiger partial charge < -0.3 is 5.32 Å². The van der Waals surface area contributed by atoms with Crippen LogP contribution in [0.25, 0.3) is 0 Å². The first-order chi connectivity index (χ1) is 6.77. The van der Waals surface area contributed by atoms with Gasteiger partial charge in [-0.1, -0.05) is 33.1 Å². The summed E-state index contributed by atoms with van der Waals surface area (Å²) in [4.78, 5) is 0. The smallest absolute Gasteiger partial charge is 0.00153 e. The topological polar surface area (TPSA) is 12.0 Å². The Labute approximate surface area is 88.7 Å². The largest absolute Gasteiger partial charge is 0.316 e. The van der Waals surface area contributed by atoms with Crippen LogP contribution < -0.4 is 5.32 Å². The summed E-state index contributed by atoms with van der Waals surface area (Å²) in [6.45, 7) is 7.44. The van der Waals surface area contributed by atoms with Gasteiger partial charge in [0.1, 0.15) is 0 Å². The summed E-state index contributed by atoms with van der Waals surface area (Å²) in [7, 11) is 0. The molecule has 0 radical (unpaired) electrons. The normalized spacial score (nSPS) is 45.0. The molecule has 14 heavy (non-hydrogen) atoms. The quantitative estimate of drug-likeness (QED) is 0.678. The second-order valence-electron chi connectivity index (χ2n) is 5.67. The molecule has 1 heteroatoms. The van der Waals surface area contributed by atoms with Gasteiger partial charge >= 0.3 is 0 Å². The Kier molecular flexibility index (Phi) is 3.48. The minimum atomic E-state index is 0.964. The molecule has 1 heterocycles. The SMILES string of the molecule is CC1CCCC(C2CNCCC2C)C1.